The fourth-order valence-electron chi connectivity index (χ4n) is 2.71. The average Bonchev–Trinajstić information content (AvgIpc) is 3.03. The van der Waals surface area contributed by atoms with Gasteiger partial charge in [-0.15, -0.1) is 0 Å². The summed E-state index contributed by atoms with van der Waals surface area (Å²) in [6, 6.07) is 17.0. The number of fused-ring (bicyclic) bond motifs is 1. The number of hydrogen-bond donors (Lipinski definition) is 2. The molecule has 2 aromatic carbocycles. The van der Waals surface area contributed by atoms with Gasteiger partial charge in [0.05, 0.1) is 21.6 Å². The Labute approximate surface area is 153 Å². The number of hydrogen-bond acceptors (Lipinski definition) is 6. The first-order valence-corrected chi connectivity index (χ1v) is 8.73. The van der Waals surface area contributed by atoms with E-state index in [9.17, 15) is 9.90 Å². The van der Waals surface area contributed by atoms with Crippen molar-refractivity contribution in [2.24, 2.45) is 0 Å². The zero-order valence-electron chi connectivity index (χ0n) is 13.8. The number of thiazole rings is 1. The number of carboxylic acids is 1. The van der Waals surface area contributed by atoms with Crippen LogP contribution in [0.3, 0.4) is 0 Å². The van der Waals surface area contributed by atoms with Gasteiger partial charge in [0.25, 0.3) is 0 Å². The third-order valence-electron chi connectivity index (χ3n) is 3.86. The number of anilines is 2. The number of aryl methyl sites for hydroxylation is 1. The van der Waals surface area contributed by atoms with Gasteiger partial charge in [-0.2, -0.15) is 0 Å². The van der Waals surface area contributed by atoms with Crippen LogP contribution >= 0.6 is 11.3 Å². The van der Waals surface area contributed by atoms with E-state index in [2.05, 4.69) is 20.3 Å². The van der Waals surface area contributed by atoms with E-state index < -0.39 is 5.97 Å². The van der Waals surface area contributed by atoms with Crippen molar-refractivity contribution < 1.29 is 9.90 Å². The third kappa shape index (κ3) is 3.00. The number of nitrogens with zero attached hydrogens (tertiary/aromatic N) is 3. The molecule has 0 fully saturated rings. The maximum atomic E-state index is 11.7. The Kier molecular flexibility index (Phi) is 4.06. The highest BCUT2D eigenvalue weighted by atomic mass is 32.1. The minimum atomic E-state index is -1.05. The molecule has 128 valence electrons. The van der Waals surface area contributed by atoms with Crippen LogP contribution in [0.4, 0.5) is 11.1 Å². The van der Waals surface area contributed by atoms with E-state index in [4.69, 9.17) is 0 Å². The highest BCUT2D eigenvalue weighted by molar-refractivity contribution is 7.22. The molecule has 0 aliphatic heterocycles. The Morgan fingerprint density at radius 2 is 1.73 bits per heavy atom. The molecule has 0 saturated carbocycles. The zero-order valence-corrected chi connectivity index (χ0v) is 14.6. The normalized spacial score (nSPS) is 10.8. The van der Waals surface area contributed by atoms with E-state index in [1.807, 2.05) is 54.6 Å². The first-order valence-electron chi connectivity index (χ1n) is 7.92. The Balaban J connectivity index is 1.79. The lowest BCUT2D eigenvalue weighted by Crippen LogP contribution is -2.09. The Morgan fingerprint density at radius 3 is 2.46 bits per heavy atom. The highest BCUT2D eigenvalue weighted by Crippen LogP contribution is 2.29. The number of carbonyl (C=O) groups is 1. The van der Waals surface area contributed by atoms with Crippen molar-refractivity contribution in [2.45, 2.75) is 6.92 Å². The highest BCUT2D eigenvalue weighted by Gasteiger charge is 2.19. The summed E-state index contributed by atoms with van der Waals surface area (Å²) < 4.78 is 1.05. The molecule has 7 heteroatoms. The van der Waals surface area contributed by atoms with Crippen LogP contribution < -0.4 is 5.32 Å². The van der Waals surface area contributed by atoms with E-state index in [-0.39, 0.29) is 5.56 Å². The van der Waals surface area contributed by atoms with Gasteiger partial charge in [0.2, 0.25) is 5.95 Å². The number of rotatable bonds is 4. The van der Waals surface area contributed by atoms with Crippen molar-refractivity contribution in [3.8, 4) is 11.3 Å². The van der Waals surface area contributed by atoms with Gasteiger partial charge >= 0.3 is 5.97 Å². The maximum Gasteiger partial charge on any atom is 0.339 e. The van der Waals surface area contributed by atoms with Crippen LogP contribution in [-0.4, -0.2) is 26.0 Å². The van der Waals surface area contributed by atoms with E-state index in [0.29, 0.717) is 22.5 Å². The van der Waals surface area contributed by atoms with Crippen molar-refractivity contribution in [1.82, 2.24) is 15.0 Å². The molecule has 0 saturated heterocycles. The molecule has 2 heterocycles. The first-order chi connectivity index (χ1) is 12.6. The van der Waals surface area contributed by atoms with Crippen molar-refractivity contribution in [1.29, 1.82) is 0 Å². The molecule has 26 heavy (non-hydrogen) atoms. The topological polar surface area (TPSA) is 88.0 Å². The lowest BCUT2D eigenvalue weighted by Gasteiger charge is -2.10. The van der Waals surface area contributed by atoms with E-state index in [1.54, 1.807) is 6.92 Å². The molecule has 0 spiro atoms. The molecule has 0 aliphatic carbocycles. The van der Waals surface area contributed by atoms with Crippen LogP contribution in [0, 0.1) is 6.92 Å². The lowest BCUT2D eigenvalue weighted by molar-refractivity contribution is 0.0696. The zero-order chi connectivity index (χ0) is 18.1. The summed E-state index contributed by atoms with van der Waals surface area (Å²) in [5, 5.41) is 13.3. The number of carboxylic acid groups (broad SMARTS) is 1. The summed E-state index contributed by atoms with van der Waals surface area (Å²) in [5.41, 5.74) is 2.50. The SMILES string of the molecule is Cc1nc(Nc2nc3ccccc3s2)nc(-c2ccccc2)c1C(=O)O. The average molecular weight is 362 g/mol. The molecule has 0 bridgehead atoms. The predicted molar refractivity (Wildman–Crippen MR) is 102 cm³/mol. The molecular formula is C19H14N4O2S. The van der Waals surface area contributed by atoms with Crippen molar-refractivity contribution >= 4 is 38.6 Å². The standard InChI is InChI=1S/C19H14N4O2S/c1-11-15(17(24)25)16(12-7-3-2-4-8-12)22-18(20-11)23-19-21-13-9-5-6-10-14(13)26-19/h2-10H,1H3,(H,24,25)(H,20,21,22,23). The quantitative estimate of drug-likeness (QED) is 0.555. The van der Waals surface area contributed by atoms with Crippen LogP contribution in [-0.2, 0) is 0 Å². The van der Waals surface area contributed by atoms with Crippen molar-refractivity contribution in [2.75, 3.05) is 5.32 Å². The molecule has 0 unspecified atom stereocenters. The van der Waals surface area contributed by atoms with Crippen LogP contribution in [0.25, 0.3) is 21.5 Å². The van der Waals surface area contributed by atoms with E-state index in [1.165, 1.54) is 11.3 Å². The number of aromatic nitrogens is 3. The van der Waals surface area contributed by atoms with Gasteiger partial charge in [-0.05, 0) is 19.1 Å². The van der Waals surface area contributed by atoms with Gasteiger partial charge in [0.15, 0.2) is 5.13 Å². The molecule has 0 atom stereocenters. The second kappa shape index (κ2) is 6.53. The number of nitrogens with one attached hydrogen (secondary N) is 1. The molecule has 4 aromatic rings. The van der Waals surface area contributed by atoms with Gasteiger partial charge in [-0.3, -0.25) is 5.32 Å². The second-order valence-corrected chi connectivity index (χ2v) is 6.67. The van der Waals surface area contributed by atoms with Gasteiger partial charge in [0.1, 0.15) is 5.56 Å². The van der Waals surface area contributed by atoms with Crippen LogP contribution in [0.15, 0.2) is 54.6 Å². The molecule has 2 N–H and O–H groups in total. The van der Waals surface area contributed by atoms with E-state index in [0.717, 1.165) is 15.8 Å². The van der Waals surface area contributed by atoms with Gasteiger partial charge in [0, 0.05) is 5.56 Å². The van der Waals surface area contributed by atoms with Gasteiger partial charge < -0.3 is 5.11 Å². The summed E-state index contributed by atoms with van der Waals surface area (Å²) in [7, 11) is 0. The van der Waals surface area contributed by atoms with Gasteiger partial charge in [-0.25, -0.2) is 19.7 Å². The van der Waals surface area contributed by atoms with Gasteiger partial charge in [-0.1, -0.05) is 53.8 Å². The third-order valence-corrected chi connectivity index (χ3v) is 4.82. The number of para-hydroxylation sites is 1. The molecule has 4 rings (SSSR count). The Morgan fingerprint density at radius 1 is 1.00 bits per heavy atom. The summed E-state index contributed by atoms with van der Waals surface area (Å²) in [5.74, 6) is -0.724. The number of benzene rings is 2. The lowest BCUT2D eigenvalue weighted by atomic mass is 10.0. The molecule has 0 amide bonds. The summed E-state index contributed by atoms with van der Waals surface area (Å²) >= 11 is 1.49. The smallest absolute Gasteiger partial charge is 0.339 e. The molecular weight excluding hydrogens is 348 g/mol. The summed E-state index contributed by atoms with van der Waals surface area (Å²) in [6.45, 7) is 1.67. The fourth-order valence-corrected chi connectivity index (χ4v) is 3.57. The predicted octanol–water partition coefficient (Wildman–Crippen LogP) is 4.50. The molecule has 0 radical (unpaired) electrons. The first kappa shape index (κ1) is 16.2. The van der Waals surface area contributed by atoms with Crippen molar-refractivity contribution in [3.05, 3.63) is 65.9 Å². The summed E-state index contributed by atoms with van der Waals surface area (Å²) in [4.78, 5) is 25.0. The van der Waals surface area contributed by atoms with Crippen molar-refractivity contribution in [3.63, 3.8) is 0 Å². The maximum absolute atomic E-state index is 11.7. The number of aromatic carboxylic acids is 1. The molecule has 0 aliphatic rings. The summed E-state index contributed by atoms with van der Waals surface area (Å²) in [6.07, 6.45) is 0. The Bertz CT molecular complexity index is 1080. The minimum Gasteiger partial charge on any atom is -0.478 e. The fraction of sp³-hybridized carbons (Fsp3) is 0.0526. The van der Waals surface area contributed by atoms with Crippen LogP contribution in [0.2, 0.25) is 0 Å². The molecule has 2 aromatic heterocycles. The monoisotopic (exact) mass is 362 g/mol. The van der Waals surface area contributed by atoms with Crippen LogP contribution in [0.1, 0.15) is 16.1 Å². The van der Waals surface area contributed by atoms with E-state index >= 15 is 0 Å². The largest absolute Gasteiger partial charge is 0.478 e. The van der Waals surface area contributed by atoms with Crippen LogP contribution in [0.5, 0.6) is 0 Å². The Hall–Kier alpha value is -3.32. The molecule has 6 nitrogen and oxygen atoms in total. The second-order valence-electron chi connectivity index (χ2n) is 5.64. The minimum absolute atomic E-state index is 0.103.